The van der Waals surface area contributed by atoms with Gasteiger partial charge in [-0.05, 0) is 35.9 Å². The second kappa shape index (κ2) is 8.09. The zero-order valence-electron chi connectivity index (χ0n) is 14.1. The second-order valence-corrected chi connectivity index (χ2v) is 5.67. The van der Waals surface area contributed by atoms with E-state index < -0.39 is 16.6 Å². The lowest BCUT2D eigenvalue weighted by atomic mass is 10.1. The van der Waals surface area contributed by atoms with E-state index in [1.54, 1.807) is 42.5 Å². The molecule has 0 spiro atoms. The van der Waals surface area contributed by atoms with Crippen molar-refractivity contribution < 1.29 is 18.8 Å². The number of amides is 1. The maximum Gasteiger partial charge on any atom is 0.282 e. The van der Waals surface area contributed by atoms with Crippen LogP contribution in [0.2, 0.25) is 0 Å². The lowest BCUT2D eigenvalue weighted by molar-refractivity contribution is -0.385. The Kier molecular flexibility index (Phi) is 5.41. The number of rotatable bonds is 6. The molecule has 0 fully saturated rings. The minimum Gasteiger partial charge on any atom is -0.489 e. The zero-order valence-corrected chi connectivity index (χ0v) is 14.1. The van der Waals surface area contributed by atoms with E-state index in [9.17, 15) is 19.3 Å². The molecule has 3 aromatic rings. The van der Waals surface area contributed by atoms with E-state index in [2.05, 4.69) is 5.32 Å². The largest absolute Gasteiger partial charge is 0.489 e. The van der Waals surface area contributed by atoms with Crippen LogP contribution in [0, 0.1) is 15.9 Å². The van der Waals surface area contributed by atoms with Crippen molar-refractivity contribution in [3.8, 4) is 5.75 Å². The average Bonchev–Trinajstić information content (AvgIpc) is 2.67. The van der Waals surface area contributed by atoms with Crippen molar-refractivity contribution in [2.24, 2.45) is 0 Å². The van der Waals surface area contributed by atoms with Crippen LogP contribution in [-0.4, -0.2) is 10.8 Å². The molecule has 3 aromatic carbocycles. The molecule has 0 radical (unpaired) electrons. The number of hydrogen-bond donors (Lipinski definition) is 1. The van der Waals surface area contributed by atoms with Gasteiger partial charge in [-0.25, -0.2) is 4.39 Å². The van der Waals surface area contributed by atoms with Crippen molar-refractivity contribution in [1.29, 1.82) is 0 Å². The third-order valence-electron chi connectivity index (χ3n) is 3.73. The van der Waals surface area contributed by atoms with Crippen molar-refractivity contribution >= 4 is 17.3 Å². The number of benzene rings is 3. The van der Waals surface area contributed by atoms with Gasteiger partial charge in [0, 0.05) is 17.8 Å². The van der Waals surface area contributed by atoms with Crippen molar-refractivity contribution in [1.82, 2.24) is 0 Å². The lowest BCUT2D eigenvalue weighted by Crippen LogP contribution is -2.14. The lowest BCUT2D eigenvalue weighted by Gasteiger charge is -2.09. The molecule has 27 heavy (non-hydrogen) atoms. The number of nitro benzene ring substituents is 1. The number of carbonyl (C=O) groups is 1. The predicted molar refractivity (Wildman–Crippen MR) is 98.2 cm³/mol. The fourth-order valence-corrected chi connectivity index (χ4v) is 2.49. The molecule has 0 saturated heterocycles. The normalized spacial score (nSPS) is 10.3. The van der Waals surface area contributed by atoms with Gasteiger partial charge in [-0.1, -0.05) is 30.3 Å². The summed E-state index contributed by atoms with van der Waals surface area (Å²) in [6.45, 7) is 0.179. The molecular weight excluding hydrogens is 351 g/mol. The molecule has 0 aromatic heterocycles. The van der Waals surface area contributed by atoms with Crippen molar-refractivity contribution in [2.45, 2.75) is 6.61 Å². The SMILES string of the molecule is O=C(Nc1cccc(COc2cccc(F)c2)c1)c1ccccc1[N+](=O)[O-]. The van der Waals surface area contributed by atoms with E-state index in [4.69, 9.17) is 4.74 Å². The van der Waals surface area contributed by atoms with Gasteiger partial charge in [0.1, 0.15) is 23.7 Å². The molecule has 7 heteroatoms. The van der Waals surface area contributed by atoms with E-state index in [0.717, 1.165) is 5.56 Å². The Balaban J connectivity index is 1.70. The highest BCUT2D eigenvalue weighted by Gasteiger charge is 2.19. The van der Waals surface area contributed by atoms with Gasteiger partial charge in [0.2, 0.25) is 0 Å². The highest BCUT2D eigenvalue weighted by molar-refractivity contribution is 6.07. The molecule has 0 atom stereocenters. The summed E-state index contributed by atoms with van der Waals surface area (Å²) in [5.74, 6) is -0.576. The van der Waals surface area contributed by atoms with E-state index >= 15 is 0 Å². The molecule has 0 aliphatic carbocycles. The monoisotopic (exact) mass is 366 g/mol. The molecule has 0 aliphatic heterocycles. The van der Waals surface area contributed by atoms with Crippen LogP contribution in [0.5, 0.6) is 5.75 Å². The first-order valence-electron chi connectivity index (χ1n) is 8.05. The first-order valence-corrected chi connectivity index (χ1v) is 8.05. The summed E-state index contributed by atoms with van der Waals surface area (Å²) >= 11 is 0. The van der Waals surface area contributed by atoms with Gasteiger partial charge in [-0.3, -0.25) is 14.9 Å². The minimum absolute atomic E-state index is 0.0242. The third-order valence-corrected chi connectivity index (χ3v) is 3.73. The topological polar surface area (TPSA) is 81.5 Å². The highest BCUT2D eigenvalue weighted by atomic mass is 19.1. The van der Waals surface area contributed by atoms with Crippen molar-refractivity contribution in [3.63, 3.8) is 0 Å². The minimum atomic E-state index is -0.599. The Morgan fingerprint density at radius 1 is 1.04 bits per heavy atom. The second-order valence-electron chi connectivity index (χ2n) is 5.67. The first-order chi connectivity index (χ1) is 13.0. The number of halogens is 1. The maximum absolute atomic E-state index is 13.2. The van der Waals surface area contributed by atoms with Crippen molar-refractivity contribution in [2.75, 3.05) is 5.32 Å². The molecule has 0 aliphatic rings. The van der Waals surface area contributed by atoms with Gasteiger partial charge in [0.25, 0.3) is 11.6 Å². The summed E-state index contributed by atoms with van der Waals surface area (Å²) in [4.78, 5) is 22.8. The number of nitro groups is 1. The quantitative estimate of drug-likeness (QED) is 0.512. The van der Waals surface area contributed by atoms with Gasteiger partial charge in [0.05, 0.1) is 4.92 Å². The molecule has 0 unspecified atom stereocenters. The van der Waals surface area contributed by atoms with Gasteiger partial charge in [-0.15, -0.1) is 0 Å². The summed E-state index contributed by atoms with van der Waals surface area (Å²) in [5, 5.41) is 13.7. The number of para-hydroxylation sites is 1. The molecule has 1 amide bonds. The van der Waals surface area contributed by atoms with Crippen LogP contribution in [0.25, 0.3) is 0 Å². The van der Waals surface area contributed by atoms with Gasteiger partial charge >= 0.3 is 0 Å². The molecule has 136 valence electrons. The number of ether oxygens (including phenoxy) is 1. The summed E-state index contributed by atoms with van der Waals surface area (Å²) in [7, 11) is 0. The molecule has 1 N–H and O–H groups in total. The van der Waals surface area contributed by atoms with E-state index in [1.165, 1.54) is 30.3 Å². The Morgan fingerprint density at radius 3 is 2.59 bits per heavy atom. The van der Waals surface area contributed by atoms with Crippen molar-refractivity contribution in [3.05, 3.63) is 99.9 Å². The van der Waals surface area contributed by atoms with E-state index in [0.29, 0.717) is 11.4 Å². The van der Waals surface area contributed by atoms with Gasteiger partial charge in [-0.2, -0.15) is 0 Å². The summed E-state index contributed by atoms with van der Waals surface area (Å²) in [5.41, 5.74) is 0.933. The Bertz CT molecular complexity index is 991. The molecule has 6 nitrogen and oxygen atoms in total. The zero-order chi connectivity index (χ0) is 19.2. The standard InChI is InChI=1S/C20H15FN2O4/c21-15-6-4-8-17(12-15)27-13-14-5-3-7-16(11-14)22-20(24)18-9-1-2-10-19(18)23(25)26/h1-12H,13H2,(H,22,24). The predicted octanol–water partition coefficient (Wildman–Crippen LogP) is 4.57. The number of anilines is 1. The fourth-order valence-electron chi connectivity index (χ4n) is 2.49. The van der Waals surface area contributed by atoms with Crippen LogP contribution < -0.4 is 10.1 Å². The molecular formula is C20H15FN2O4. The van der Waals surface area contributed by atoms with Crippen LogP contribution in [0.1, 0.15) is 15.9 Å². The number of nitrogens with zero attached hydrogens (tertiary/aromatic N) is 1. The molecule has 3 rings (SSSR count). The number of carbonyl (C=O) groups excluding carboxylic acids is 1. The Morgan fingerprint density at radius 2 is 1.81 bits per heavy atom. The van der Waals surface area contributed by atoms with E-state index in [-0.39, 0.29) is 17.9 Å². The molecule has 0 saturated carbocycles. The smallest absolute Gasteiger partial charge is 0.282 e. The highest BCUT2D eigenvalue weighted by Crippen LogP contribution is 2.20. The fraction of sp³-hybridized carbons (Fsp3) is 0.0500. The van der Waals surface area contributed by atoms with Crippen LogP contribution in [-0.2, 0) is 6.61 Å². The van der Waals surface area contributed by atoms with Crippen LogP contribution in [0.4, 0.5) is 15.8 Å². The molecule has 0 bridgehead atoms. The van der Waals surface area contributed by atoms with Crippen LogP contribution in [0.3, 0.4) is 0 Å². The summed E-state index contributed by atoms with van der Waals surface area (Å²) in [6, 6.07) is 18.4. The van der Waals surface area contributed by atoms with Gasteiger partial charge < -0.3 is 10.1 Å². The Hall–Kier alpha value is -3.74. The summed E-state index contributed by atoms with van der Waals surface area (Å²) in [6.07, 6.45) is 0. The number of nitrogens with one attached hydrogen (secondary N) is 1. The Labute approximate surface area is 154 Å². The average molecular weight is 366 g/mol. The first kappa shape index (κ1) is 18.1. The summed E-state index contributed by atoms with van der Waals surface area (Å²) < 4.78 is 18.7. The van der Waals surface area contributed by atoms with E-state index in [1.807, 2.05) is 0 Å². The molecule has 0 heterocycles. The number of hydrogen-bond acceptors (Lipinski definition) is 4. The van der Waals surface area contributed by atoms with Crippen LogP contribution >= 0.6 is 0 Å². The third kappa shape index (κ3) is 4.66. The maximum atomic E-state index is 13.2. The van der Waals surface area contributed by atoms with Gasteiger partial charge in [0.15, 0.2) is 0 Å². The van der Waals surface area contributed by atoms with Crippen LogP contribution in [0.15, 0.2) is 72.8 Å².